The van der Waals surface area contributed by atoms with Gasteiger partial charge in [0.05, 0.1) is 5.69 Å². The molecule has 0 bridgehead atoms. The van der Waals surface area contributed by atoms with E-state index in [-0.39, 0.29) is 5.41 Å². The minimum absolute atomic E-state index is 0.251. The Balaban J connectivity index is 2.46. The summed E-state index contributed by atoms with van der Waals surface area (Å²) >= 11 is 3.53. The van der Waals surface area contributed by atoms with Crippen molar-refractivity contribution in [3.63, 3.8) is 0 Å². The maximum atomic E-state index is 6.26. The number of rotatable bonds is 3. The van der Waals surface area contributed by atoms with E-state index in [9.17, 15) is 0 Å². The van der Waals surface area contributed by atoms with E-state index in [4.69, 9.17) is 5.73 Å². The van der Waals surface area contributed by atoms with Crippen LogP contribution < -0.4 is 5.73 Å². The second-order valence-electron chi connectivity index (χ2n) is 6.81. The third-order valence-corrected chi connectivity index (χ3v) is 4.75. The van der Waals surface area contributed by atoms with Gasteiger partial charge in [0, 0.05) is 17.1 Å². The van der Waals surface area contributed by atoms with Crippen molar-refractivity contribution in [2.75, 3.05) is 5.73 Å². The molecule has 0 aliphatic carbocycles. The van der Waals surface area contributed by atoms with Crippen molar-refractivity contribution in [1.29, 1.82) is 0 Å². The SMILES string of the molecule is CC(Cc1nn(C)c(N)c1-c1cccc(Br)c1)C(C)(C)C. The Morgan fingerprint density at radius 3 is 2.57 bits per heavy atom. The highest BCUT2D eigenvalue weighted by Gasteiger charge is 2.24. The van der Waals surface area contributed by atoms with Crippen LogP contribution in [0.2, 0.25) is 0 Å². The lowest BCUT2D eigenvalue weighted by molar-refractivity contribution is 0.258. The van der Waals surface area contributed by atoms with Gasteiger partial charge in [0.2, 0.25) is 0 Å². The van der Waals surface area contributed by atoms with Gasteiger partial charge < -0.3 is 5.73 Å². The first-order chi connectivity index (χ1) is 9.70. The van der Waals surface area contributed by atoms with Crippen LogP contribution in [0.25, 0.3) is 11.1 Å². The quantitative estimate of drug-likeness (QED) is 0.875. The molecule has 0 aliphatic heterocycles. The summed E-state index contributed by atoms with van der Waals surface area (Å²) in [6.07, 6.45) is 0.927. The fraction of sp³-hybridized carbons (Fsp3) is 0.471. The van der Waals surface area contributed by atoms with E-state index in [1.165, 1.54) is 0 Å². The first-order valence-corrected chi connectivity index (χ1v) is 8.06. The fourth-order valence-corrected chi connectivity index (χ4v) is 2.69. The molecule has 3 nitrogen and oxygen atoms in total. The highest BCUT2D eigenvalue weighted by Crippen LogP contribution is 2.35. The number of hydrogen-bond acceptors (Lipinski definition) is 2. The Morgan fingerprint density at radius 2 is 2.00 bits per heavy atom. The molecule has 1 atom stereocenters. The highest BCUT2D eigenvalue weighted by molar-refractivity contribution is 9.10. The molecule has 4 heteroatoms. The molecule has 0 radical (unpaired) electrons. The van der Waals surface area contributed by atoms with Gasteiger partial charge in [0.25, 0.3) is 0 Å². The van der Waals surface area contributed by atoms with E-state index in [2.05, 4.69) is 60.9 Å². The summed E-state index contributed by atoms with van der Waals surface area (Å²) in [4.78, 5) is 0. The smallest absolute Gasteiger partial charge is 0.129 e. The number of hydrogen-bond donors (Lipinski definition) is 1. The molecular formula is C17H24BrN3. The van der Waals surface area contributed by atoms with Gasteiger partial charge in [-0.1, -0.05) is 55.8 Å². The van der Waals surface area contributed by atoms with Gasteiger partial charge in [0.15, 0.2) is 0 Å². The van der Waals surface area contributed by atoms with Crippen molar-refractivity contribution < 1.29 is 0 Å². The van der Waals surface area contributed by atoms with Crippen molar-refractivity contribution in [2.24, 2.45) is 18.4 Å². The minimum Gasteiger partial charge on any atom is -0.383 e. The summed E-state index contributed by atoms with van der Waals surface area (Å²) < 4.78 is 2.83. The second-order valence-corrected chi connectivity index (χ2v) is 7.73. The summed E-state index contributed by atoms with van der Waals surface area (Å²) in [6.45, 7) is 9.07. The molecule has 114 valence electrons. The number of aromatic nitrogens is 2. The first-order valence-electron chi connectivity index (χ1n) is 7.27. The summed E-state index contributed by atoms with van der Waals surface area (Å²) in [7, 11) is 1.90. The zero-order chi connectivity index (χ0) is 15.8. The fourth-order valence-electron chi connectivity index (χ4n) is 2.29. The molecule has 2 rings (SSSR count). The zero-order valence-electron chi connectivity index (χ0n) is 13.4. The van der Waals surface area contributed by atoms with Crippen molar-refractivity contribution in [2.45, 2.75) is 34.1 Å². The molecule has 0 fully saturated rings. The molecule has 2 N–H and O–H groups in total. The maximum Gasteiger partial charge on any atom is 0.129 e. The summed E-state index contributed by atoms with van der Waals surface area (Å²) in [6, 6.07) is 8.23. The van der Waals surface area contributed by atoms with E-state index in [0.717, 1.165) is 33.5 Å². The molecule has 1 aromatic heterocycles. The largest absolute Gasteiger partial charge is 0.383 e. The summed E-state index contributed by atoms with van der Waals surface area (Å²) in [5.41, 5.74) is 9.77. The predicted molar refractivity (Wildman–Crippen MR) is 93.1 cm³/mol. The normalized spacial score (nSPS) is 13.4. The Morgan fingerprint density at radius 1 is 1.33 bits per heavy atom. The third-order valence-electron chi connectivity index (χ3n) is 4.26. The Hall–Kier alpha value is -1.29. The van der Waals surface area contributed by atoms with Crippen LogP contribution in [0.1, 0.15) is 33.4 Å². The van der Waals surface area contributed by atoms with Gasteiger partial charge in [-0.2, -0.15) is 5.10 Å². The average molecular weight is 350 g/mol. The molecule has 0 spiro atoms. The van der Waals surface area contributed by atoms with Crippen LogP contribution in [0.3, 0.4) is 0 Å². The third kappa shape index (κ3) is 3.49. The lowest BCUT2D eigenvalue weighted by Crippen LogP contribution is -2.20. The van der Waals surface area contributed by atoms with Crippen LogP contribution in [-0.4, -0.2) is 9.78 Å². The van der Waals surface area contributed by atoms with Gasteiger partial charge >= 0.3 is 0 Å². The average Bonchev–Trinajstić information content (AvgIpc) is 2.63. The van der Waals surface area contributed by atoms with Crippen LogP contribution in [0.4, 0.5) is 5.82 Å². The van der Waals surface area contributed by atoms with Crippen molar-refractivity contribution in [3.05, 3.63) is 34.4 Å². The Labute approximate surface area is 135 Å². The van der Waals surface area contributed by atoms with Crippen molar-refractivity contribution in [1.82, 2.24) is 9.78 Å². The van der Waals surface area contributed by atoms with Gasteiger partial charge in [-0.05, 0) is 35.4 Å². The van der Waals surface area contributed by atoms with Gasteiger partial charge in [0.1, 0.15) is 5.82 Å². The predicted octanol–water partition coefficient (Wildman–Crippen LogP) is 4.66. The van der Waals surface area contributed by atoms with Gasteiger partial charge in [-0.15, -0.1) is 0 Å². The van der Waals surface area contributed by atoms with Crippen LogP contribution in [0, 0.1) is 11.3 Å². The molecule has 0 aliphatic rings. The van der Waals surface area contributed by atoms with Crippen molar-refractivity contribution >= 4 is 21.7 Å². The van der Waals surface area contributed by atoms with Gasteiger partial charge in [-0.3, -0.25) is 4.68 Å². The number of aryl methyl sites for hydroxylation is 1. The molecule has 0 amide bonds. The number of benzene rings is 1. The molecule has 1 heterocycles. The van der Waals surface area contributed by atoms with E-state index in [0.29, 0.717) is 5.92 Å². The highest BCUT2D eigenvalue weighted by atomic mass is 79.9. The molecular weight excluding hydrogens is 326 g/mol. The van der Waals surface area contributed by atoms with E-state index >= 15 is 0 Å². The molecule has 1 aromatic carbocycles. The molecule has 0 saturated heterocycles. The van der Waals surface area contributed by atoms with Crippen LogP contribution in [0.5, 0.6) is 0 Å². The Bertz CT molecular complexity index is 638. The maximum absolute atomic E-state index is 6.26. The monoisotopic (exact) mass is 349 g/mol. The lowest BCUT2D eigenvalue weighted by Gasteiger charge is -2.26. The number of nitrogens with zero attached hydrogens (tertiary/aromatic N) is 2. The molecule has 1 unspecified atom stereocenters. The zero-order valence-corrected chi connectivity index (χ0v) is 15.0. The van der Waals surface area contributed by atoms with Crippen LogP contribution in [-0.2, 0) is 13.5 Å². The van der Waals surface area contributed by atoms with Gasteiger partial charge in [-0.25, -0.2) is 0 Å². The first kappa shape index (κ1) is 16.1. The minimum atomic E-state index is 0.251. The Kier molecular flexibility index (Phi) is 4.47. The second kappa shape index (κ2) is 5.84. The molecule has 0 saturated carbocycles. The van der Waals surface area contributed by atoms with E-state index in [1.807, 2.05) is 19.2 Å². The summed E-state index contributed by atoms with van der Waals surface area (Å²) in [5.74, 6) is 1.25. The number of nitrogen functional groups attached to an aromatic ring is 1. The molecule has 2 aromatic rings. The van der Waals surface area contributed by atoms with E-state index in [1.54, 1.807) is 4.68 Å². The van der Waals surface area contributed by atoms with Crippen LogP contribution in [0.15, 0.2) is 28.7 Å². The lowest BCUT2D eigenvalue weighted by atomic mass is 9.79. The molecule has 21 heavy (non-hydrogen) atoms. The summed E-state index contributed by atoms with van der Waals surface area (Å²) in [5, 5.41) is 4.65. The van der Waals surface area contributed by atoms with Crippen LogP contribution >= 0.6 is 15.9 Å². The topological polar surface area (TPSA) is 43.8 Å². The number of anilines is 1. The standard InChI is InChI=1S/C17H24BrN3/c1-11(17(2,3)4)9-14-15(16(19)21(5)20-14)12-7-6-8-13(18)10-12/h6-8,10-11H,9,19H2,1-5H3. The number of halogens is 1. The van der Waals surface area contributed by atoms with Crippen molar-refractivity contribution in [3.8, 4) is 11.1 Å². The number of nitrogens with two attached hydrogens (primary N) is 1. The van der Waals surface area contributed by atoms with E-state index < -0.39 is 0 Å².